The highest BCUT2D eigenvalue weighted by Gasteiger charge is 2.06. The Kier molecular flexibility index (Phi) is 26.6. The van der Waals surface area contributed by atoms with Gasteiger partial charge in [-0.15, -0.1) is 0 Å². The molecule has 37 heavy (non-hydrogen) atoms. The first-order valence-corrected chi connectivity index (χ1v) is 17.7. The van der Waals surface area contributed by atoms with Gasteiger partial charge in [0, 0.05) is 0 Å². The van der Waals surface area contributed by atoms with E-state index in [9.17, 15) is 0 Å². The number of rotatable bonds is 30. The van der Waals surface area contributed by atoms with Gasteiger partial charge in [-0.1, -0.05) is 204 Å². The lowest BCUT2D eigenvalue weighted by Crippen LogP contribution is -1.85. The first kappa shape index (κ1) is 34.5. The summed E-state index contributed by atoms with van der Waals surface area (Å²) in [5.41, 5.74) is 3.37. The number of allylic oxidation sites excluding steroid dienone is 4. The summed E-state index contributed by atoms with van der Waals surface area (Å²) < 4.78 is 0. The lowest BCUT2D eigenvalue weighted by Gasteiger charge is -2.04. The van der Waals surface area contributed by atoms with Crippen molar-refractivity contribution in [3.8, 4) is 0 Å². The number of hydrogen-bond acceptors (Lipinski definition) is 0. The Morgan fingerprint density at radius 3 is 1.03 bits per heavy atom. The molecule has 0 N–H and O–H groups in total. The third-order valence-corrected chi connectivity index (χ3v) is 8.69. The van der Waals surface area contributed by atoms with Gasteiger partial charge in [0.2, 0.25) is 0 Å². The zero-order valence-electron chi connectivity index (χ0n) is 26.1. The van der Waals surface area contributed by atoms with Crippen molar-refractivity contribution >= 4 is 0 Å². The summed E-state index contributed by atoms with van der Waals surface area (Å²) in [6.07, 6.45) is 49.8. The van der Waals surface area contributed by atoms with E-state index in [1.54, 1.807) is 11.1 Å². The van der Waals surface area contributed by atoms with Gasteiger partial charge in [0.15, 0.2) is 0 Å². The predicted molar refractivity (Wildman–Crippen MR) is 171 cm³/mol. The SMILES string of the molecule is CCCCCCCCCCCCCCCCC1=CCC(CCCCCCCCCCCCCCCC)=C1. The van der Waals surface area contributed by atoms with Crippen LogP contribution in [0.4, 0.5) is 0 Å². The van der Waals surface area contributed by atoms with Crippen molar-refractivity contribution in [1.29, 1.82) is 0 Å². The first-order chi connectivity index (χ1) is 18.4. The molecule has 0 nitrogen and oxygen atoms in total. The quantitative estimate of drug-likeness (QED) is 0.0836. The van der Waals surface area contributed by atoms with Crippen molar-refractivity contribution in [1.82, 2.24) is 0 Å². The molecular formula is C37H70. The average molecular weight is 515 g/mol. The van der Waals surface area contributed by atoms with E-state index < -0.39 is 0 Å². The summed E-state index contributed by atoms with van der Waals surface area (Å²) in [5.74, 6) is 0. The number of hydrogen-bond donors (Lipinski definition) is 0. The molecule has 0 heteroatoms. The maximum Gasteiger partial charge on any atom is -0.0130 e. The Morgan fingerprint density at radius 2 is 0.676 bits per heavy atom. The van der Waals surface area contributed by atoms with Crippen LogP contribution in [-0.2, 0) is 0 Å². The average Bonchev–Trinajstić information content (AvgIpc) is 3.36. The molecule has 0 saturated heterocycles. The molecule has 0 heterocycles. The lowest BCUT2D eigenvalue weighted by atomic mass is 10.0. The van der Waals surface area contributed by atoms with E-state index >= 15 is 0 Å². The molecule has 0 fully saturated rings. The van der Waals surface area contributed by atoms with E-state index in [4.69, 9.17) is 0 Å². The third-order valence-electron chi connectivity index (χ3n) is 8.69. The van der Waals surface area contributed by atoms with E-state index in [1.807, 2.05) is 0 Å². The van der Waals surface area contributed by atoms with Crippen LogP contribution >= 0.6 is 0 Å². The molecule has 0 aromatic heterocycles. The van der Waals surface area contributed by atoms with E-state index in [0.29, 0.717) is 0 Å². The van der Waals surface area contributed by atoms with Gasteiger partial charge in [-0.05, 0) is 32.1 Å². The molecule has 0 unspecified atom stereocenters. The van der Waals surface area contributed by atoms with Crippen LogP contribution in [0.5, 0.6) is 0 Å². The second-order valence-electron chi connectivity index (χ2n) is 12.5. The Morgan fingerprint density at radius 1 is 0.378 bits per heavy atom. The molecule has 1 aliphatic rings. The summed E-state index contributed by atoms with van der Waals surface area (Å²) in [6.45, 7) is 4.61. The highest BCUT2D eigenvalue weighted by molar-refractivity contribution is 5.32. The summed E-state index contributed by atoms with van der Waals surface area (Å²) in [4.78, 5) is 0. The van der Waals surface area contributed by atoms with Crippen LogP contribution < -0.4 is 0 Å². The Labute approximate surface area is 235 Å². The molecule has 1 rings (SSSR count). The molecular weight excluding hydrogens is 444 g/mol. The smallest absolute Gasteiger partial charge is 0.0130 e. The van der Waals surface area contributed by atoms with Gasteiger partial charge >= 0.3 is 0 Å². The molecule has 0 amide bonds. The topological polar surface area (TPSA) is 0 Å². The van der Waals surface area contributed by atoms with Gasteiger partial charge in [-0.25, -0.2) is 0 Å². The normalized spacial score (nSPS) is 13.4. The van der Waals surface area contributed by atoms with E-state index in [1.165, 1.54) is 199 Å². The summed E-state index contributed by atoms with van der Waals surface area (Å²) in [6, 6.07) is 0. The highest BCUT2D eigenvalue weighted by atomic mass is 14.1. The lowest BCUT2D eigenvalue weighted by molar-refractivity contribution is 0.535. The third kappa shape index (κ3) is 24.3. The second kappa shape index (κ2) is 28.5. The minimum Gasteiger partial charge on any atom is -0.0772 e. The number of unbranched alkanes of at least 4 members (excludes halogenated alkanes) is 26. The zero-order valence-corrected chi connectivity index (χ0v) is 26.1. The largest absolute Gasteiger partial charge is 0.0772 e. The van der Waals surface area contributed by atoms with Crippen LogP contribution in [0.3, 0.4) is 0 Å². The van der Waals surface area contributed by atoms with Gasteiger partial charge < -0.3 is 0 Å². The van der Waals surface area contributed by atoms with Crippen molar-refractivity contribution < 1.29 is 0 Å². The van der Waals surface area contributed by atoms with Gasteiger partial charge in [0.1, 0.15) is 0 Å². The highest BCUT2D eigenvalue weighted by Crippen LogP contribution is 2.26. The molecule has 218 valence electrons. The van der Waals surface area contributed by atoms with Crippen LogP contribution in [0.15, 0.2) is 23.3 Å². The molecule has 0 saturated carbocycles. The fourth-order valence-electron chi connectivity index (χ4n) is 6.06. The van der Waals surface area contributed by atoms with Crippen molar-refractivity contribution in [3.63, 3.8) is 0 Å². The fourth-order valence-corrected chi connectivity index (χ4v) is 6.06. The molecule has 0 aromatic rings. The zero-order chi connectivity index (χ0) is 26.5. The maximum atomic E-state index is 2.56. The van der Waals surface area contributed by atoms with Crippen LogP contribution in [0.2, 0.25) is 0 Å². The molecule has 0 radical (unpaired) electrons. The molecule has 0 aliphatic heterocycles. The van der Waals surface area contributed by atoms with E-state index in [0.717, 1.165) is 0 Å². The maximum absolute atomic E-state index is 2.56. The predicted octanol–water partition coefficient (Wildman–Crippen LogP) is 14.0. The standard InChI is InChI=1S/C37H70/c1-3-5-7-9-11-13-15-17-19-21-23-25-27-29-31-36-33-34-37(35-36)32-30-28-26-24-22-20-18-16-14-12-10-8-6-4-2/h33,35H,3-32,34H2,1-2H3. The van der Waals surface area contributed by atoms with E-state index in [2.05, 4.69) is 26.0 Å². The molecule has 0 atom stereocenters. The monoisotopic (exact) mass is 515 g/mol. The molecule has 0 spiro atoms. The Bertz CT molecular complexity index is 510. The molecule has 0 bridgehead atoms. The summed E-state index contributed by atoms with van der Waals surface area (Å²) >= 11 is 0. The minimum absolute atomic E-state index is 1.26. The fraction of sp³-hybridized carbons (Fsp3) is 0.892. The van der Waals surface area contributed by atoms with Crippen LogP contribution in [0.25, 0.3) is 0 Å². The van der Waals surface area contributed by atoms with Crippen LogP contribution in [0, 0.1) is 0 Å². The van der Waals surface area contributed by atoms with Gasteiger partial charge in [0.05, 0.1) is 0 Å². The van der Waals surface area contributed by atoms with E-state index in [-0.39, 0.29) is 0 Å². The first-order valence-electron chi connectivity index (χ1n) is 17.7. The van der Waals surface area contributed by atoms with Crippen molar-refractivity contribution in [2.24, 2.45) is 0 Å². The van der Waals surface area contributed by atoms with Gasteiger partial charge in [0.25, 0.3) is 0 Å². The molecule has 0 aromatic carbocycles. The van der Waals surface area contributed by atoms with Gasteiger partial charge in [-0.2, -0.15) is 0 Å². The Balaban J connectivity index is 1.79. The minimum atomic E-state index is 1.26. The van der Waals surface area contributed by atoms with Crippen molar-refractivity contribution in [2.45, 2.75) is 213 Å². The van der Waals surface area contributed by atoms with Crippen LogP contribution in [-0.4, -0.2) is 0 Å². The summed E-state index contributed by atoms with van der Waals surface area (Å²) in [7, 11) is 0. The molecule has 1 aliphatic carbocycles. The van der Waals surface area contributed by atoms with Crippen molar-refractivity contribution in [3.05, 3.63) is 23.3 Å². The Hall–Kier alpha value is -0.520. The van der Waals surface area contributed by atoms with Gasteiger partial charge in [-0.3, -0.25) is 0 Å². The summed E-state index contributed by atoms with van der Waals surface area (Å²) in [5, 5.41) is 0. The van der Waals surface area contributed by atoms with Crippen molar-refractivity contribution in [2.75, 3.05) is 0 Å². The van der Waals surface area contributed by atoms with Crippen LogP contribution in [0.1, 0.15) is 213 Å². The second-order valence-corrected chi connectivity index (χ2v) is 12.5.